The first-order chi connectivity index (χ1) is 11.6. The number of nitrogens with zero attached hydrogens (tertiary/aromatic N) is 2. The van der Waals surface area contributed by atoms with Crippen molar-refractivity contribution in [3.8, 4) is 0 Å². The maximum atomic E-state index is 12.5. The molecule has 0 unspecified atom stereocenters. The molecular formula is C17H15Br2N3OS. The van der Waals surface area contributed by atoms with Crippen molar-refractivity contribution in [1.29, 1.82) is 0 Å². The van der Waals surface area contributed by atoms with Crippen molar-refractivity contribution < 1.29 is 4.79 Å². The number of carbonyl (C=O) groups is 1. The van der Waals surface area contributed by atoms with E-state index in [2.05, 4.69) is 42.2 Å². The molecule has 24 heavy (non-hydrogen) atoms. The molecule has 0 spiro atoms. The molecular weight excluding hydrogens is 454 g/mol. The lowest BCUT2D eigenvalue weighted by atomic mass is 10.3. The number of halogens is 2. The number of imidazole rings is 1. The van der Waals surface area contributed by atoms with E-state index in [1.54, 1.807) is 11.8 Å². The number of thioether (sulfide) groups is 1. The van der Waals surface area contributed by atoms with Crippen LogP contribution in [-0.2, 0) is 17.1 Å². The van der Waals surface area contributed by atoms with Gasteiger partial charge in [0.1, 0.15) is 12.4 Å². The predicted octanol–water partition coefficient (Wildman–Crippen LogP) is 5.06. The number of rotatable bonds is 5. The summed E-state index contributed by atoms with van der Waals surface area (Å²) in [5.74, 6) is 1.59. The Morgan fingerprint density at radius 1 is 1.25 bits per heavy atom. The number of anilines is 1. The standard InChI is InChI=1S/C17H15Br2N3OS/c1-24-10-16-20-13-4-2-3-5-15(13)22(16)9-17(23)21-14-8-11(18)6-7-12(14)19/h2-8H,9-10H2,1H3,(H,21,23). The van der Waals surface area contributed by atoms with Crippen LogP contribution in [0.2, 0.25) is 0 Å². The van der Waals surface area contributed by atoms with E-state index in [1.807, 2.05) is 53.3 Å². The highest BCUT2D eigenvalue weighted by Crippen LogP contribution is 2.26. The number of amides is 1. The molecule has 0 radical (unpaired) electrons. The number of benzene rings is 2. The third kappa shape index (κ3) is 3.84. The molecule has 3 aromatic rings. The van der Waals surface area contributed by atoms with E-state index in [-0.39, 0.29) is 12.5 Å². The third-order valence-electron chi connectivity index (χ3n) is 3.51. The Bertz CT molecular complexity index is 895. The van der Waals surface area contributed by atoms with Gasteiger partial charge in [0, 0.05) is 8.95 Å². The molecule has 1 N–H and O–H groups in total. The SMILES string of the molecule is CSCc1nc2ccccc2n1CC(=O)Nc1cc(Br)ccc1Br. The van der Waals surface area contributed by atoms with Crippen LogP contribution < -0.4 is 5.32 Å². The van der Waals surface area contributed by atoms with Crippen LogP contribution in [0.25, 0.3) is 11.0 Å². The molecule has 0 fully saturated rings. The van der Waals surface area contributed by atoms with Crippen molar-refractivity contribution in [3.05, 3.63) is 57.2 Å². The van der Waals surface area contributed by atoms with Crippen LogP contribution in [0.1, 0.15) is 5.82 Å². The average Bonchev–Trinajstić information content (AvgIpc) is 2.89. The molecule has 0 aliphatic rings. The molecule has 0 bridgehead atoms. The molecule has 2 aromatic carbocycles. The van der Waals surface area contributed by atoms with Crippen LogP contribution in [0, 0.1) is 0 Å². The molecule has 0 aliphatic carbocycles. The highest BCUT2D eigenvalue weighted by atomic mass is 79.9. The van der Waals surface area contributed by atoms with Crippen LogP contribution >= 0.6 is 43.6 Å². The number of para-hydroxylation sites is 2. The van der Waals surface area contributed by atoms with Crippen molar-refractivity contribution in [3.63, 3.8) is 0 Å². The Hall–Kier alpha value is -1.31. The largest absolute Gasteiger partial charge is 0.323 e. The van der Waals surface area contributed by atoms with Crippen molar-refractivity contribution in [2.24, 2.45) is 0 Å². The second-order valence-corrected chi connectivity index (χ2v) is 7.84. The van der Waals surface area contributed by atoms with Crippen LogP contribution in [0.5, 0.6) is 0 Å². The molecule has 3 rings (SSSR count). The van der Waals surface area contributed by atoms with Gasteiger partial charge in [-0.15, -0.1) is 0 Å². The van der Waals surface area contributed by atoms with Crippen LogP contribution in [0.15, 0.2) is 51.4 Å². The molecule has 0 atom stereocenters. The lowest BCUT2D eigenvalue weighted by Crippen LogP contribution is -2.20. The van der Waals surface area contributed by atoms with Gasteiger partial charge >= 0.3 is 0 Å². The van der Waals surface area contributed by atoms with Crippen molar-refractivity contribution >= 4 is 66.2 Å². The Morgan fingerprint density at radius 3 is 2.83 bits per heavy atom. The van der Waals surface area contributed by atoms with Gasteiger partial charge in [0.25, 0.3) is 0 Å². The molecule has 1 amide bonds. The van der Waals surface area contributed by atoms with E-state index < -0.39 is 0 Å². The summed E-state index contributed by atoms with van der Waals surface area (Å²) in [5, 5.41) is 2.95. The first-order valence-electron chi connectivity index (χ1n) is 7.26. The van der Waals surface area contributed by atoms with Crippen LogP contribution in [0.3, 0.4) is 0 Å². The third-order valence-corrected chi connectivity index (χ3v) is 5.24. The first-order valence-corrected chi connectivity index (χ1v) is 10.2. The van der Waals surface area contributed by atoms with Crippen LogP contribution in [0.4, 0.5) is 5.69 Å². The van der Waals surface area contributed by atoms with E-state index in [4.69, 9.17) is 0 Å². The molecule has 124 valence electrons. The summed E-state index contributed by atoms with van der Waals surface area (Å²) in [4.78, 5) is 17.2. The number of hydrogen-bond donors (Lipinski definition) is 1. The fourth-order valence-electron chi connectivity index (χ4n) is 2.47. The van der Waals surface area contributed by atoms with Gasteiger partial charge in [0.15, 0.2) is 0 Å². The summed E-state index contributed by atoms with van der Waals surface area (Å²) in [6.07, 6.45) is 2.03. The van der Waals surface area contributed by atoms with Gasteiger partial charge in [-0.05, 0) is 52.5 Å². The predicted molar refractivity (Wildman–Crippen MR) is 107 cm³/mol. The quantitative estimate of drug-likeness (QED) is 0.569. The number of nitrogens with one attached hydrogen (secondary N) is 1. The molecule has 4 nitrogen and oxygen atoms in total. The summed E-state index contributed by atoms with van der Waals surface area (Å²) in [7, 11) is 0. The topological polar surface area (TPSA) is 46.9 Å². The van der Waals surface area contributed by atoms with Gasteiger partial charge in [-0.1, -0.05) is 28.1 Å². The van der Waals surface area contributed by atoms with E-state index in [0.29, 0.717) is 0 Å². The van der Waals surface area contributed by atoms with E-state index in [9.17, 15) is 4.79 Å². The van der Waals surface area contributed by atoms with E-state index >= 15 is 0 Å². The Morgan fingerprint density at radius 2 is 2.04 bits per heavy atom. The van der Waals surface area contributed by atoms with E-state index in [1.165, 1.54) is 0 Å². The van der Waals surface area contributed by atoms with Gasteiger partial charge in [-0.2, -0.15) is 11.8 Å². The molecule has 1 heterocycles. The summed E-state index contributed by atoms with van der Waals surface area (Å²) < 4.78 is 3.74. The highest BCUT2D eigenvalue weighted by Gasteiger charge is 2.14. The van der Waals surface area contributed by atoms with Gasteiger partial charge in [-0.25, -0.2) is 4.98 Å². The van der Waals surface area contributed by atoms with Crippen molar-refractivity contribution in [1.82, 2.24) is 9.55 Å². The van der Waals surface area contributed by atoms with Gasteiger partial charge < -0.3 is 9.88 Å². The highest BCUT2D eigenvalue weighted by molar-refractivity contribution is 9.11. The number of aromatic nitrogens is 2. The van der Waals surface area contributed by atoms with Crippen LogP contribution in [-0.4, -0.2) is 21.7 Å². The smallest absolute Gasteiger partial charge is 0.244 e. The minimum absolute atomic E-state index is 0.0840. The zero-order chi connectivity index (χ0) is 17.1. The first kappa shape index (κ1) is 17.5. The summed E-state index contributed by atoms with van der Waals surface area (Å²) >= 11 is 8.57. The molecule has 0 saturated heterocycles. The van der Waals surface area contributed by atoms with Gasteiger partial charge in [0.2, 0.25) is 5.91 Å². The number of carbonyl (C=O) groups excluding carboxylic acids is 1. The molecule has 1 aromatic heterocycles. The maximum Gasteiger partial charge on any atom is 0.244 e. The minimum Gasteiger partial charge on any atom is -0.323 e. The minimum atomic E-state index is -0.0840. The lowest BCUT2D eigenvalue weighted by molar-refractivity contribution is -0.116. The number of hydrogen-bond acceptors (Lipinski definition) is 3. The molecule has 0 saturated carbocycles. The van der Waals surface area contributed by atoms with Gasteiger partial charge in [0.05, 0.1) is 22.5 Å². The molecule has 0 aliphatic heterocycles. The summed E-state index contributed by atoms with van der Waals surface area (Å²) in [5.41, 5.74) is 2.63. The number of fused-ring (bicyclic) bond motifs is 1. The average molecular weight is 469 g/mol. The molecule has 7 heteroatoms. The lowest BCUT2D eigenvalue weighted by Gasteiger charge is -2.11. The fraction of sp³-hybridized carbons (Fsp3) is 0.176. The van der Waals surface area contributed by atoms with Crippen molar-refractivity contribution in [2.75, 3.05) is 11.6 Å². The fourth-order valence-corrected chi connectivity index (χ4v) is 3.65. The maximum absolute atomic E-state index is 12.5. The Labute approximate surface area is 161 Å². The zero-order valence-corrected chi connectivity index (χ0v) is 16.9. The van der Waals surface area contributed by atoms with Crippen molar-refractivity contribution in [2.45, 2.75) is 12.3 Å². The normalized spacial score (nSPS) is 11.0. The zero-order valence-electron chi connectivity index (χ0n) is 12.9. The summed E-state index contributed by atoms with van der Waals surface area (Å²) in [6, 6.07) is 13.6. The van der Waals surface area contributed by atoms with E-state index in [0.717, 1.165) is 37.2 Å². The Balaban J connectivity index is 1.87. The second-order valence-electron chi connectivity index (χ2n) is 5.21. The second kappa shape index (κ2) is 7.72. The summed E-state index contributed by atoms with van der Waals surface area (Å²) in [6.45, 7) is 0.232. The monoisotopic (exact) mass is 467 g/mol. The Kier molecular flexibility index (Phi) is 5.63. The van der Waals surface area contributed by atoms with Gasteiger partial charge in [-0.3, -0.25) is 4.79 Å².